The lowest BCUT2D eigenvalue weighted by Gasteiger charge is -2.37. The minimum Gasteiger partial charge on any atom is -0.465 e. The number of hydrogen-bond donors (Lipinski definition) is 0. The Bertz CT molecular complexity index is 532. The SMILES string of the molecule is CCCC(CCC)C(=O)OCCSSCCOC(=O)CCC1(CCC)CCCCC1.O=C=O. The summed E-state index contributed by atoms with van der Waals surface area (Å²) in [5.74, 6) is 1.51. The molecule has 0 aromatic carbocycles. The molecule has 0 aromatic heterocycles. The Balaban J connectivity index is 0.00000322. The molecule has 0 bridgehead atoms. The van der Waals surface area contributed by atoms with Crippen molar-refractivity contribution < 1.29 is 28.7 Å². The minimum atomic E-state index is -0.0477. The fourth-order valence-corrected chi connectivity index (χ4v) is 6.23. The van der Waals surface area contributed by atoms with Crippen LogP contribution in [0.5, 0.6) is 0 Å². The van der Waals surface area contributed by atoms with Crippen LogP contribution in [0.2, 0.25) is 0 Å². The lowest BCUT2D eigenvalue weighted by molar-refractivity contribution is -0.191. The van der Waals surface area contributed by atoms with Crippen LogP contribution in [-0.4, -0.2) is 42.8 Å². The summed E-state index contributed by atoms with van der Waals surface area (Å²) in [6.07, 6.45) is 14.7. The van der Waals surface area contributed by atoms with Gasteiger partial charge in [0, 0.05) is 17.9 Å². The molecule has 1 aliphatic rings. The smallest absolute Gasteiger partial charge is 0.373 e. The van der Waals surface area contributed by atoms with Gasteiger partial charge in [-0.25, -0.2) is 0 Å². The molecule has 1 saturated carbocycles. The van der Waals surface area contributed by atoms with Crippen LogP contribution in [0.1, 0.15) is 104 Å². The third kappa shape index (κ3) is 16.3. The van der Waals surface area contributed by atoms with Gasteiger partial charge in [0.15, 0.2) is 0 Å². The molecular weight excluding hydrogens is 460 g/mol. The molecule has 1 fully saturated rings. The molecule has 0 atom stereocenters. The first-order chi connectivity index (χ1) is 16.0. The Morgan fingerprint density at radius 3 is 1.91 bits per heavy atom. The largest absolute Gasteiger partial charge is 0.465 e. The van der Waals surface area contributed by atoms with Crippen molar-refractivity contribution in [3.63, 3.8) is 0 Å². The van der Waals surface area contributed by atoms with Crippen molar-refractivity contribution in [1.29, 1.82) is 0 Å². The Labute approximate surface area is 208 Å². The fourth-order valence-electron chi connectivity index (χ4n) is 4.57. The van der Waals surface area contributed by atoms with E-state index in [1.165, 1.54) is 44.9 Å². The highest BCUT2D eigenvalue weighted by molar-refractivity contribution is 8.76. The first-order valence-electron chi connectivity index (χ1n) is 12.5. The molecule has 0 saturated heterocycles. The van der Waals surface area contributed by atoms with Crippen LogP contribution in [0.4, 0.5) is 0 Å². The molecule has 192 valence electrons. The molecule has 6 nitrogen and oxygen atoms in total. The van der Waals surface area contributed by atoms with E-state index in [9.17, 15) is 9.59 Å². The van der Waals surface area contributed by atoms with E-state index >= 15 is 0 Å². The number of carbonyl (C=O) groups excluding carboxylic acids is 4. The van der Waals surface area contributed by atoms with Crippen LogP contribution in [0.3, 0.4) is 0 Å². The number of hydrogen-bond acceptors (Lipinski definition) is 8. The van der Waals surface area contributed by atoms with Crippen molar-refractivity contribution in [2.45, 2.75) is 104 Å². The van der Waals surface area contributed by atoms with E-state index in [1.807, 2.05) is 0 Å². The summed E-state index contributed by atoms with van der Waals surface area (Å²) < 4.78 is 10.8. The van der Waals surface area contributed by atoms with Crippen LogP contribution >= 0.6 is 21.6 Å². The molecule has 1 rings (SSSR count). The van der Waals surface area contributed by atoms with Gasteiger partial charge in [-0.1, -0.05) is 80.9 Å². The van der Waals surface area contributed by atoms with Crippen molar-refractivity contribution in [1.82, 2.24) is 0 Å². The summed E-state index contributed by atoms with van der Waals surface area (Å²) in [5.41, 5.74) is 0.390. The highest BCUT2D eigenvalue weighted by atomic mass is 33.1. The molecule has 0 amide bonds. The maximum Gasteiger partial charge on any atom is 0.373 e. The number of carbonyl (C=O) groups is 2. The van der Waals surface area contributed by atoms with Crippen LogP contribution in [0, 0.1) is 11.3 Å². The third-order valence-electron chi connectivity index (χ3n) is 6.09. The first kappa shape index (κ1) is 32.0. The molecule has 0 aromatic rings. The third-order valence-corrected chi connectivity index (χ3v) is 8.42. The van der Waals surface area contributed by atoms with Crippen LogP contribution < -0.4 is 0 Å². The van der Waals surface area contributed by atoms with Gasteiger partial charge in [-0.2, -0.15) is 9.59 Å². The molecule has 1 aliphatic carbocycles. The fraction of sp³-hybridized carbons (Fsp3) is 0.880. The lowest BCUT2D eigenvalue weighted by Crippen LogP contribution is -2.25. The Hall–Kier alpha value is -0.980. The van der Waals surface area contributed by atoms with Gasteiger partial charge in [0.25, 0.3) is 0 Å². The standard InChI is InChI=1S/C24H44O4S2.CO2/c1-4-10-21(11-5-2)23(26)28-18-20-30-29-19-17-27-22(25)12-16-24(13-6-3)14-8-7-9-15-24;2-1-3/h21H,4-20H2,1-3H3;. The Morgan fingerprint density at radius 1 is 0.848 bits per heavy atom. The molecule has 33 heavy (non-hydrogen) atoms. The zero-order valence-electron chi connectivity index (χ0n) is 20.9. The van der Waals surface area contributed by atoms with Crippen molar-refractivity contribution >= 4 is 39.7 Å². The summed E-state index contributed by atoms with van der Waals surface area (Å²) in [7, 11) is 3.35. The zero-order valence-corrected chi connectivity index (χ0v) is 22.5. The maximum absolute atomic E-state index is 12.1. The van der Waals surface area contributed by atoms with Crippen LogP contribution in [0.25, 0.3) is 0 Å². The van der Waals surface area contributed by atoms with E-state index < -0.39 is 0 Å². The van der Waals surface area contributed by atoms with Crippen molar-refractivity contribution in [3.8, 4) is 0 Å². The summed E-state index contributed by atoms with van der Waals surface area (Å²) in [4.78, 5) is 40.4. The van der Waals surface area contributed by atoms with E-state index in [0.29, 0.717) is 25.0 Å². The monoisotopic (exact) mass is 504 g/mol. The second-order valence-corrected chi connectivity index (χ2v) is 11.4. The molecule has 0 spiro atoms. The summed E-state index contributed by atoms with van der Waals surface area (Å²) >= 11 is 0. The molecule has 0 aliphatic heterocycles. The molecule has 8 heteroatoms. The molecule has 0 N–H and O–H groups in total. The van der Waals surface area contributed by atoms with Crippen LogP contribution in [-0.2, 0) is 28.7 Å². The number of rotatable bonds is 17. The van der Waals surface area contributed by atoms with E-state index in [0.717, 1.165) is 43.6 Å². The van der Waals surface area contributed by atoms with Gasteiger partial charge in [0.1, 0.15) is 13.2 Å². The Kier molecular flexibility index (Phi) is 20.9. The van der Waals surface area contributed by atoms with Gasteiger partial charge in [-0.05, 0) is 43.9 Å². The maximum atomic E-state index is 12.1. The summed E-state index contributed by atoms with van der Waals surface area (Å²) in [5, 5.41) is 0. The van der Waals surface area contributed by atoms with Gasteiger partial charge in [-0.15, -0.1) is 0 Å². The van der Waals surface area contributed by atoms with E-state index in [2.05, 4.69) is 20.8 Å². The Morgan fingerprint density at radius 2 is 1.39 bits per heavy atom. The van der Waals surface area contributed by atoms with Gasteiger partial charge in [0.05, 0.1) is 5.92 Å². The van der Waals surface area contributed by atoms with Gasteiger partial charge in [-0.3, -0.25) is 9.59 Å². The highest BCUT2D eigenvalue weighted by Gasteiger charge is 2.31. The van der Waals surface area contributed by atoms with E-state index in [-0.39, 0.29) is 24.0 Å². The second-order valence-electron chi connectivity index (χ2n) is 8.70. The number of ether oxygens (including phenoxy) is 2. The normalized spacial score (nSPS) is 14.7. The average Bonchev–Trinajstić information content (AvgIpc) is 2.80. The van der Waals surface area contributed by atoms with Crippen molar-refractivity contribution in [3.05, 3.63) is 0 Å². The topological polar surface area (TPSA) is 86.7 Å². The van der Waals surface area contributed by atoms with Gasteiger partial charge >= 0.3 is 18.1 Å². The number of esters is 2. The van der Waals surface area contributed by atoms with Crippen molar-refractivity contribution in [2.24, 2.45) is 11.3 Å². The first-order valence-corrected chi connectivity index (χ1v) is 15.0. The summed E-state index contributed by atoms with van der Waals surface area (Å²) in [6, 6.07) is 0. The molecule has 0 radical (unpaired) electrons. The quantitative estimate of drug-likeness (QED) is 0.124. The van der Waals surface area contributed by atoms with Gasteiger partial charge < -0.3 is 9.47 Å². The highest BCUT2D eigenvalue weighted by Crippen LogP contribution is 2.43. The zero-order chi connectivity index (χ0) is 24.8. The summed E-state index contributed by atoms with van der Waals surface area (Å²) in [6.45, 7) is 7.38. The average molecular weight is 505 g/mol. The minimum absolute atomic E-state index is 0.0444. The van der Waals surface area contributed by atoms with E-state index in [1.54, 1.807) is 21.6 Å². The molecular formula is C25H44O6S2. The van der Waals surface area contributed by atoms with Crippen molar-refractivity contribution in [2.75, 3.05) is 24.7 Å². The predicted molar refractivity (Wildman–Crippen MR) is 135 cm³/mol. The van der Waals surface area contributed by atoms with E-state index in [4.69, 9.17) is 19.1 Å². The lowest BCUT2D eigenvalue weighted by atomic mass is 9.68. The predicted octanol–water partition coefficient (Wildman–Crippen LogP) is 6.62. The van der Waals surface area contributed by atoms with Gasteiger partial charge in [0.2, 0.25) is 0 Å². The van der Waals surface area contributed by atoms with Crippen LogP contribution in [0.15, 0.2) is 0 Å². The second kappa shape index (κ2) is 21.5. The molecule has 0 heterocycles. The molecule has 0 unspecified atom stereocenters.